The molecule has 0 aliphatic rings. The first-order valence-corrected chi connectivity index (χ1v) is 5.92. The molecule has 0 bridgehead atoms. The summed E-state index contributed by atoms with van der Waals surface area (Å²) in [5, 5.41) is 11.1. The molecule has 1 rings (SSSR count). The average Bonchev–Trinajstić information content (AvgIpc) is 2.70. The molecule has 18 heavy (non-hydrogen) atoms. The first-order chi connectivity index (χ1) is 8.31. The van der Waals surface area contributed by atoms with Crippen molar-refractivity contribution in [1.29, 1.82) is 0 Å². The zero-order chi connectivity index (χ0) is 13.8. The molecule has 1 aromatic heterocycles. The molecule has 7 nitrogen and oxygen atoms in total. The van der Waals surface area contributed by atoms with Gasteiger partial charge in [0.05, 0.1) is 6.54 Å². The van der Waals surface area contributed by atoms with Crippen molar-refractivity contribution in [2.45, 2.75) is 39.8 Å². The SMILES string of the molecule is CCN(CC(N)=O)c1nnc(CNC(C)(C)C)o1. The van der Waals surface area contributed by atoms with Gasteiger partial charge in [0, 0.05) is 12.1 Å². The van der Waals surface area contributed by atoms with Gasteiger partial charge in [-0.1, -0.05) is 5.10 Å². The molecular formula is C11H21N5O2. The lowest BCUT2D eigenvalue weighted by Crippen LogP contribution is -2.35. The summed E-state index contributed by atoms with van der Waals surface area (Å²) in [4.78, 5) is 12.5. The maximum absolute atomic E-state index is 10.9. The number of nitrogens with one attached hydrogen (secondary N) is 1. The fourth-order valence-electron chi connectivity index (χ4n) is 1.29. The van der Waals surface area contributed by atoms with Crippen LogP contribution in [0, 0.1) is 0 Å². The molecule has 0 radical (unpaired) electrons. The van der Waals surface area contributed by atoms with Crippen LogP contribution in [0.2, 0.25) is 0 Å². The Hall–Kier alpha value is -1.63. The van der Waals surface area contributed by atoms with Crippen LogP contribution in [0.5, 0.6) is 0 Å². The van der Waals surface area contributed by atoms with Gasteiger partial charge >= 0.3 is 6.01 Å². The topological polar surface area (TPSA) is 97.3 Å². The van der Waals surface area contributed by atoms with Crippen LogP contribution in [-0.2, 0) is 11.3 Å². The summed E-state index contributed by atoms with van der Waals surface area (Å²) >= 11 is 0. The molecular weight excluding hydrogens is 234 g/mol. The van der Waals surface area contributed by atoms with E-state index in [9.17, 15) is 4.79 Å². The summed E-state index contributed by atoms with van der Waals surface area (Å²) in [6.45, 7) is 9.19. The molecule has 0 aliphatic carbocycles. The molecule has 0 fully saturated rings. The summed E-state index contributed by atoms with van der Waals surface area (Å²) in [5.41, 5.74) is 5.12. The number of nitrogens with zero attached hydrogens (tertiary/aromatic N) is 3. The average molecular weight is 255 g/mol. The smallest absolute Gasteiger partial charge is 0.318 e. The van der Waals surface area contributed by atoms with Crippen LogP contribution in [0.25, 0.3) is 0 Å². The molecule has 3 N–H and O–H groups in total. The van der Waals surface area contributed by atoms with Gasteiger partial charge < -0.3 is 20.4 Å². The molecule has 7 heteroatoms. The number of nitrogens with two attached hydrogens (primary N) is 1. The largest absolute Gasteiger partial charge is 0.407 e. The summed E-state index contributed by atoms with van der Waals surface area (Å²) in [7, 11) is 0. The predicted octanol–water partition coefficient (Wildman–Crippen LogP) is 0.269. The van der Waals surface area contributed by atoms with E-state index in [2.05, 4.69) is 36.3 Å². The third-order valence-electron chi connectivity index (χ3n) is 2.23. The Kier molecular flexibility index (Phi) is 4.66. The lowest BCUT2D eigenvalue weighted by atomic mass is 10.1. The van der Waals surface area contributed by atoms with Crippen molar-refractivity contribution in [3.8, 4) is 0 Å². The van der Waals surface area contributed by atoms with E-state index in [-0.39, 0.29) is 12.1 Å². The minimum Gasteiger partial charge on any atom is -0.407 e. The second kappa shape index (κ2) is 5.81. The van der Waals surface area contributed by atoms with Crippen LogP contribution < -0.4 is 16.0 Å². The maximum atomic E-state index is 10.9. The van der Waals surface area contributed by atoms with Crippen molar-refractivity contribution in [3.63, 3.8) is 0 Å². The van der Waals surface area contributed by atoms with E-state index in [0.29, 0.717) is 25.0 Å². The Bertz CT molecular complexity index is 396. The monoisotopic (exact) mass is 255 g/mol. The molecule has 0 saturated carbocycles. The van der Waals surface area contributed by atoms with Gasteiger partial charge in [0.1, 0.15) is 6.54 Å². The van der Waals surface area contributed by atoms with Gasteiger partial charge in [0.2, 0.25) is 11.8 Å². The van der Waals surface area contributed by atoms with Crippen LogP contribution >= 0.6 is 0 Å². The Morgan fingerprint density at radius 2 is 2.11 bits per heavy atom. The van der Waals surface area contributed by atoms with Crippen molar-refractivity contribution in [2.24, 2.45) is 5.73 Å². The van der Waals surface area contributed by atoms with Gasteiger partial charge in [-0.25, -0.2) is 0 Å². The highest BCUT2D eigenvalue weighted by molar-refractivity contribution is 5.78. The van der Waals surface area contributed by atoms with Crippen LogP contribution in [-0.4, -0.2) is 34.7 Å². The van der Waals surface area contributed by atoms with Gasteiger partial charge in [-0.15, -0.1) is 5.10 Å². The number of carbonyl (C=O) groups excluding carboxylic acids is 1. The van der Waals surface area contributed by atoms with Crippen LogP contribution in [0.4, 0.5) is 6.01 Å². The molecule has 0 spiro atoms. The number of hydrogen-bond acceptors (Lipinski definition) is 6. The second-order valence-corrected chi connectivity index (χ2v) is 5.06. The second-order valence-electron chi connectivity index (χ2n) is 5.06. The molecule has 1 aromatic rings. The summed E-state index contributed by atoms with van der Waals surface area (Å²) in [6.07, 6.45) is 0. The summed E-state index contributed by atoms with van der Waals surface area (Å²) in [6, 6.07) is 0.321. The summed E-state index contributed by atoms with van der Waals surface area (Å²) in [5.74, 6) is 0.0623. The summed E-state index contributed by atoms with van der Waals surface area (Å²) < 4.78 is 5.47. The van der Waals surface area contributed by atoms with Crippen LogP contribution in [0.15, 0.2) is 4.42 Å². The predicted molar refractivity (Wildman–Crippen MR) is 68.0 cm³/mol. The van der Waals surface area contributed by atoms with Crippen molar-refractivity contribution >= 4 is 11.9 Å². The van der Waals surface area contributed by atoms with Gasteiger partial charge in [-0.05, 0) is 27.7 Å². The molecule has 1 heterocycles. The van der Waals surface area contributed by atoms with E-state index < -0.39 is 5.91 Å². The normalized spacial score (nSPS) is 11.6. The highest BCUT2D eigenvalue weighted by Gasteiger charge is 2.16. The Morgan fingerprint density at radius 1 is 1.44 bits per heavy atom. The fraction of sp³-hybridized carbons (Fsp3) is 0.727. The van der Waals surface area contributed by atoms with Crippen molar-refractivity contribution in [2.75, 3.05) is 18.0 Å². The quantitative estimate of drug-likeness (QED) is 0.757. The molecule has 0 aliphatic heterocycles. The molecule has 0 atom stereocenters. The van der Waals surface area contributed by atoms with Crippen molar-refractivity contribution < 1.29 is 9.21 Å². The number of amides is 1. The van der Waals surface area contributed by atoms with E-state index in [4.69, 9.17) is 10.2 Å². The van der Waals surface area contributed by atoms with Crippen molar-refractivity contribution in [1.82, 2.24) is 15.5 Å². The molecule has 0 unspecified atom stereocenters. The fourth-order valence-corrected chi connectivity index (χ4v) is 1.29. The third kappa shape index (κ3) is 4.70. The first kappa shape index (κ1) is 14.4. The van der Waals surface area contributed by atoms with Crippen LogP contribution in [0.1, 0.15) is 33.6 Å². The van der Waals surface area contributed by atoms with E-state index in [1.807, 2.05) is 6.92 Å². The third-order valence-corrected chi connectivity index (χ3v) is 2.23. The van der Waals surface area contributed by atoms with Crippen molar-refractivity contribution in [3.05, 3.63) is 5.89 Å². The van der Waals surface area contributed by atoms with Gasteiger partial charge in [-0.2, -0.15) is 0 Å². The Balaban J connectivity index is 2.63. The minimum absolute atomic E-state index is 0.0215. The number of likely N-dealkylation sites (N-methyl/N-ethyl adjacent to an activating group) is 1. The van der Waals surface area contributed by atoms with Crippen LogP contribution in [0.3, 0.4) is 0 Å². The highest BCUT2D eigenvalue weighted by atomic mass is 16.4. The number of rotatable bonds is 6. The van der Waals surface area contributed by atoms with E-state index in [1.165, 1.54) is 0 Å². The number of primary amides is 1. The molecule has 0 saturated heterocycles. The molecule has 0 aromatic carbocycles. The highest BCUT2D eigenvalue weighted by Crippen LogP contribution is 2.12. The zero-order valence-corrected chi connectivity index (χ0v) is 11.4. The van der Waals surface area contributed by atoms with E-state index in [1.54, 1.807) is 4.90 Å². The Labute approximate surface area is 107 Å². The zero-order valence-electron chi connectivity index (χ0n) is 11.4. The van der Waals surface area contributed by atoms with Gasteiger partial charge in [0.15, 0.2) is 0 Å². The lowest BCUT2D eigenvalue weighted by molar-refractivity contribution is -0.116. The molecule has 1 amide bonds. The number of hydrogen-bond donors (Lipinski definition) is 2. The van der Waals surface area contributed by atoms with E-state index >= 15 is 0 Å². The first-order valence-electron chi connectivity index (χ1n) is 5.92. The van der Waals surface area contributed by atoms with Gasteiger partial charge in [0.25, 0.3) is 0 Å². The number of anilines is 1. The Morgan fingerprint density at radius 3 is 2.61 bits per heavy atom. The number of aromatic nitrogens is 2. The minimum atomic E-state index is -0.426. The lowest BCUT2D eigenvalue weighted by Gasteiger charge is -2.19. The maximum Gasteiger partial charge on any atom is 0.318 e. The molecule has 102 valence electrons. The van der Waals surface area contributed by atoms with Gasteiger partial charge in [-0.3, -0.25) is 4.79 Å². The van der Waals surface area contributed by atoms with E-state index in [0.717, 1.165) is 0 Å². The standard InChI is InChI=1S/C11H21N5O2/c1-5-16(7-8(12)17)10-15-14-9(18-10)6-13-11(2,3)4/h13H,5-7H2,1-4H3,(H2,12,17). The number of carbonyl (C=O) groups is 1.